The fourth-order valence-electron chi connectivity index (χ4n) is 1.59. The lowest BCUT2D eigenvalue weighted by Gasteiger charge is -2.16. The first kappa shape index (κ1) is 15.1. The van der Waals surface area contributed by atoms with Crippen molar-refractivity contribution in [3.8, 4) is 0 Å². The van der Waals surface area contributed by atoms with Gasteiger partial charge in [0.1, 0.15) is 18.5 Å². The van der Waals surface area contributed by atoms with Gasteiger partial charge in [0.15, 0.2) is 0 Å². The quantitative estimate of drug-likeness (QED) is 0.771. The third-order valence-corrected chi connectivity index (χ3v) is 2.48. The summed E-state index contributed by atoms with van der Waals surface area (Å²) in [5.74, 6) is -1.53. The molecule has 104 valence electrons. The van der Waals surface area contributed by atoms with Gasteiger partial charge in [-0.25, -0.2) is 9.18 Å². The molecule has 0 aliphatic carbocycles. The van der Waals surface area contributed by atoms with E-state index in [1.54, 1.807) is 18.2 Å². The van der Waals surface area contributed by atoms with E-state index < -0.39 is 23.7 Å². The molecule has 0 saturated heterocycles. The van der Waals surface area contributed by atoms with Gasteiger partial charge >= 0.3 is 5.97 Å². The summed E-state index contributed by atoms with van der Waals surface area (Å²) in [6.07, 6.45) is 0.0226. The zero-order valence-corrected chi connectivity index (χ0v) is 10.8. The highest BCUT2D eigenvalue weighted by Gasteiger charge is 2.22. The fourth-order valence-corrected chi connectivity index (χ4v) is 1.59. The van der Waals surface area contributed by atoms with Gasteiger partial charge < -0.3 is 14.8 Å². The second kappa shape index (κ2) is 7.48. The van der Waals surface area contributed by atoms with E-state index in [9.17, 15) is 14.0 Å². The van der Waals surface area contributed by atoms with Crippen molar-refractivity contribution in [2.45, 2.75) is 12.5 Å². The molecule has 19 heavy (non-hydrogen) atoms. The molecule has 1 N–H and O–H groups in total. The van der Waals surface area contributed by atoms with Gasteiger partial charge in [-0.2, -0.15) is 0 Å². The standard InChI is InChI=1S/C13H16FNO4/c1-18-8-12(16)15-11(13(17)19-2)7-9-5-3-4-6-10(9)14/h3-6,11H,7-8H2,1-2H3,(H,15,16)/t11-/m0/s1. The van der Waals surface area contributed by atoms with Crippen LogP contribution in [0, 0.1) is 5.82 Å². The molecule has 0 aliphatic rings. The largest absolute Gasteiger partial charge is 0.467 e. The first-order valence-electron chi connectivity index (χ1n) is 5.68. The number of ether oxygens (including phenoxy) is 2. The highest BCUT2D eigenvalue weighted by Crippen LogP contribution is 2.10. The number of carbonyl (C=O) groups excluding carboxylic acids is 2. The number of rotatable bonds is 6. The summed E-state index contributed by atoms with van der Waals surface area (Å²) in [5, 5.41) is 2.44. The third kappa shape index (κ3) is 4.67. The van der Waals surface area contributed by atoms with Gasteiger partial charge in [0.25, 0.3) is 0 Å². The molecule has 0 bridgehead atoms. The minimum Gasteiger partial charge on any atom is -0.467 e. The van der Waals surface area contributed by atoms with Crippen LogP contribution < -0.4 is 5.32 Å². The summed E-state index contributed by atoms with van der Waals surface area (Å²) in [7, 11) is 2.57. The van der Waals surface area contributed by atoms with Crippen LogP contribution in [-0.2, 0) is 25.5 Å². The van der Waals surface area contributed by atoms with Crippen LogP contribution in [0.2, 0.25) is 0 Å². The van der Waals surface area contributed by atoms with E-state index in [2.05, 4.69) is 14.8 Å². The van der Waals surface area contributed by atoms with Gasteiger partial charge in [-0.15, -0.1) is 0 Å². The van der Waals surface area contributed by atoms with Crippen LogP contribution in [0.15, 0.2) is 24.3 Å². The molecule has 1 atom stereocenters. The number of benzene rings is 1. The fraction of sp³-hybridized carbons (Fsp3) is 0.385. The summed E-state index contributed by atoms with van der Waals surface area (Å²) in [4.78, 5) is 23.0. The second-order valence-electron chi connectivity index (χ2n) is 3.87. The van der Waals surface area contributed by atoms with Crippen LogP contribution in [0.1, 0.15) is 5.56 Å². The maximum atomic E-state index is 13.5. The van der Waals surface area contributed by atoms with Crippen LogP contribution >= 0.6 is 0 Å². The number of hydrogen-bond donors (Lipinski definition) is 1. The summed E-state index contributed by atoms with van der Waals surface area (Å²) in [6.45, 7) is -0.176. The molecule has 1 amide bonds. The number of nitrogens with one attached hydrogen (secondary N) is 1. The molecule has 0 fully saturated rings. The Bertz CT molecular complexity index is 450. The van der Waals surface area contributed by atoms with E-state index in [4.69, 9.17) is 0 Å². The Labute approximate surface area is 110 Å². The molecular formula is C13H16FNO4. The molecule has 0 spiro atoms. The Morgan fingerprint density at radius 1 is 1.32 bits per heavy atom. The number of carbonyl (C=O) groups is 2. The Kier molecular flexibility index (Phi) is 5.95. The summed E-state index contributed by atoms with van der Waals surface area (Å²) in [5.41, 5.74) is 0.329. The van der Waals surface area contributed by atoms with Gasteiger partial charge in [-0.1, -0.05) is 18.2 Å². The van der Waals surface area contributed by atoms with Gasteiger partial charge in [0.2, 0.25) is 5.91 Å². The monoisotopic (exact) mass is 269 g/mol. The Morgan fingerprint density at radius 3 is 2.58 bits per heavy atom. The Hall–Kier alpha value is -1.95. The molecular weight excluding hydrogens is 253 g/mol. The van der Waals surface area contributed by atoms with Crippen LogP contribution in [-0.4, -0.2) is 38.7 Å². The third-order valence-electron chi connectivity index (χ3n) is 2.48. The summed E-state index contributed by atoms with van der Waals surface area (Å²) >= 11 is 0. The lowest BCUT2D eigenvalue weighted by Crippen LogP contribution is -2.44. The maximum absolute atomic E-state index is 13.5. The van der Waals surface area contributed by atoms with E-state index in [0.29, 0.717) is 5.56 Å². The SMILES string of the molecule is COCC(=O)N[C@@H](Cc1ccccc1F)C(=O)OC. The predicted molar refractivity (Wildman–Crippen MR) is 65.9 cm³/mol. The van der Waals surface area contributed by atoms with Crippen molar-refractivity contribution >= 4 is 11.9 Å². The number of esters is 1. The Morgan fingerprint density at radius 2 is 2.00 bits per heavy atom. The van der Waals surface area contributed by atoms with E-state index in [1.807, 2.05) is 0 Å². The van der Waals surface area contributed by atoms with Crippen molar-refractivity contribution in [3.63, 3.8) is 0 Å². The lowest BCUT2D eigenvalue weighted by molar-refractivity contribution is -0.145. The molecule has 5 nitrogen and oxygen atoms in total. The minimum absolute atomic E-state index is 0.0226. The second-order valence-corrected chi connectivity index (χ2v) is 3.87. The van der Waals surface area contributed by atoms with Crippen LogP contribution in [0.25, 0.3) is 0 Å². The number of hydrogen-bond acceptors (Lipinski definition) is 4. The smallest absolute Gasteiger partial charge is 0.328 e. The van der Waals surface area contributed by atoms with Crippen molar-refractivity contribution < 1.29 is 23.5 Å². The molecule has 6 heteroatoms. The predicted octanol–water partition coefficient (Wildman–Crippen LogP) is 0.672. The average Bonchev–Trinajstić information content (AvgIpc) is 2.39. The van der Waals surface area contributed by atoms with Crippen LogP contribution in [0.5, 0.6) is 0 Å². The molecule has 0 heterocycles. The minimum atomic E-state index is -0.940. The maximum Gasteiger partial charge on any atom is 0.328 e. The average molecular weight is 269 g/mol. The highest BCUT2D eigenvalue weighted by molar-refractivity contribution is 5.85. The van der Waals surface area contributed by atoms with Crippen LogP contribution in [0.4, 0.5) is 4.39 Å². The topological polar surface area (TPSA) is 64.6 Å². The molecule has 0 radical (unpaired) electrons. The molecule has 0 aromatic heterocycles. The number of halogens is 1. The van der Waals surface area contributed by atoms with E-state index in [1.165, 1.54) is 20.3 Å². The van der Waals surface area contributed by atoms with E-state index in [-0.39, 0.29) is 13.0 Å². The van der Waals surface area contributed by atoms with Gasteiger partial charge in [0, 0.05) is 13.5 Å². The molecule has 0 saturated carbocycles. The van der Waals surface area contributed by atoms with Gasteiger partial charge in [-0.3, -0.25) is 4.79 Å². The molecule has 1 aromatic carbocycles. The first-order chi connectivity index (χ1) is 9.08. The van der Waals surface area contributed by atoms with Crippen molar-refractivity contribution in [2.75, 3.05) is 20.8 Å². The lowest BCUT2D eigenvalue weighted by atomic mass is 10.1. The number of amides is 1. The summed E-state index contributed by atoms with van der Waals surface area (Å²) in [6, 6.07) is 5.11. The molecule has 1 rings (SSSR count). The van der Waals surface area contributed by atoms with E-state index in [0.717, 1.165) is 0 Å². The number of methoxy groups -OCH3 is 2. The van der Waals surface area contributed by atoms with Gasteiger partial charge in [-0.05, 0) is 11.6 Å². The molecule has 1 aromatic rings. The van der Waals surface area contributed by atoms with Crippen LogP contribution in [0.3, 0.4) is 0 Å². The van der Waals surface area contributed by atoms with Crippen molar-refractivity contribution in [1.29, 1.82) is 0 Å². The normalized spacial score (nSPS) is 11.7. The zero-order valence-electron chi connectivity index (χ0n) is 10.8. The Balaban J connectivity index is 2.78. The van der Waals surface area contributed by atoms with Crippen molar-refractivity contribution in [2.24, 2.45) is 0 Å². The molecule has 0 aliphatic heterocycles. The van der Waals surface area contributed by atoms with Crippen molar-refractivity contribution in [1.82, 2.24) is 5.32 Å². The molecule has 0 unspecified atom stereocenters. The summed E-state index contributed by atoms with van der Waals surface area (Å²) < 4.78 is 22.8. The van der Waals surface area contributed by atoms with E-state index >= 15 is 0 Å². The van der Waals surface area contributed by atoms with Gasteiger partial charge in [0.05, 0.1) is 7.11 Å². The highest BCUT2D eigenvalue weighted by atomic mass is 19.1. The first-order valence-corrected chi connectivity index (χ1v) is 5.68. The van der Waals surface area contributed by atoms with Crippen molar-refractivity contribution in [3.05, 3.63) is 35.6 Å². The zero-order chi connectivity index (χ0) is 14.3.